The standard InChI is InChI=1S/C22H22N4O3/c1-14-15-7-5-6-10-18(15)29-19(14)13-25-22(23-2)24-11-12-26-20(27)16-8-3-4-9-17(16)21(26)28/h3-10H,11-13H2,1-2H3,(H2,23,24,25). The number of hydrogen-bond donors (Lipinski definition) is 2. The average molecular weight is 390 g/mol. The molecule has 0 radical (unpaired) electrons. The lowest BCUT2D eigenvalue weighted by Crippen LogP contribution is -2.42. The molecular weight excluding hydrogens is 368 g/mol. The van der Waals surface area contributed by atoms with Gasteiger partial charge in [-0.2, -0.15) is 0 Å². The van der Waals surface area contributed by atoms with E-state index >= 15 is 0 Å². The molecule has 0 atom stereocenters. The number of para-hydroxylation sites is 1. The predicted molar refractivity (Wildman–Crippen MR) is 111 cm³/mol. The van der Waals surface area contributed by atoms with Gasteiger partial charge in [0.25, 0.3) is 11.8 Å². The summed E-state index contributed by atoms with van der Waals surface area (Å²) >= 11 is 0. The Morgan fingerprint density at radius 2 is 1.66 bits per heavy atom. The molecule has 7 nitrogen and oxygen atoms in total. The fraction of sp³-hybridized carbons (Fsp3) is 0.227. The van der Waals surface area contributed by atoms with Crippen LogP contribution >= 0.6 is 0 Å². The van der Waals surface area contributed by atoms with Crippen molar-refractivity contribution in [2.45, 2.75) is 13.5 Å². The number of rotatable bonds is 5. The third-order valence-electron chi connectivity index (χ3n) is 5.09. The molecule has 0 saturated carbocycles. The van der Waals surface area contributed by atoms with Crippen molar-refractivity contribution < 1.29 is 14.0 Å². The quantitative estimate of drug-likeness (QED) is 0.397. The number of nitrogens with zero attached hydrogens (tertiary/aromatic N) is 2. The van der Waals surface area contributed by atoms with Crippen molar-refractivity contribution in [3.63, 3.8) is 0 Å². The van der Waals surface area contributed by atoms with Gasteiger partial charge < -0.3 is 15.1 Å². The number of aliphatic imine (C=N–C) groups is 1. The van der Waals surface area contributed by atoms with E-state index in [1.165, 1.54) is 4.90 Å². The third kappa shape index (κ3) is 3.47. The number of amides is 2. The second-order valence-corrected chi connectivity index (χ2v) is 6.81. The molecule has 7 heteroatoms. The van der Waals surface area contributed by atoms with Crippen LogP contribution in [0.1, 0.15) is 32.0 Å². The summed E-state index contributed by atoms with van der Waals surface area (Å²) in [5.41, 5.74) is 2.87. The predicted octanol–water partition coefficient (Wildman–Crippen LogP) is 2.70. The van der Waals surface area contributed by atoms with E-state index in [9.17, 15) is 9.59 Å². The van der Waals surface area contributed by atoms with E-state index in [4.69, 9.17) is 4.42 Å². The van der Waals surface area contributed by atoms with Gasteiger partial charge in [0.05, 0.1) is 17.7 Å². The maximum atomic E-state index is 12.4. The summed E-state index contributed by atoms with van der Waals surface area (Å²) in [6.07, 6.45) is 0. The Labute approximate surface area is 168 Å². The molecule has 0 saturated heterocycles. The largest absolute Gasteiger partial charge is 0.459 e. The number of carbonyl (C=O) groups excluding carboxylic acids is 2. The van der Waals surface area contributed by atoms with Gasteiger partial charge in [-0.3, -0.25) is 19.5 Å². The third-order valence-corrected chi connectivity index (χ3v) is 5.09. The van der Waals surface area contributed by atoms with E-state index in [1.807, 2.05) is 31.2 Å². The summed E-state index contributed by atoms with van der Waals surface area (Å²) in [5, 5.41) is 7.44. The Balaban J connectivity index is 1.33. The van der Waals surface area contributed by atoms with E-state index < -0.39 is 0 Å². The zero-order valence-corrected chi connectivity index (χ0v) is 16.4. The van der Waals surface area contributed by atoms with Crippen LogP contribution in [0, 0.1) is 6.92 Å². The second kappa shape index (κ2) is 7.79. The first-order chi connectivity index (χ1) is 14.1. The molecule has 1 aliphatic rings. The molecule has 29 heavy (non-hydrogen) atoms. The number of benzene rings is 2. The van der Waals surface area contributed by atoms with E-state index in [-0.39, 0.29) is 18.4 Å². The van der Waals surface area contributed by atoms with Gasteiger partial charge >= 0.3 is 0 Å². The Hall–Kier alpha value is -3.61. The highest BCUT2D eigenvalue weighted by Crippen LogP contribution is 2.24. The molecule has 2 heterocycles. The SMILES string of the molecule is CN=C(NCCN1C(=O)c2ccccc2C1=O)NCc1oc2ccccc2c1C. The van der Waals surface area contributed by atoms with Crippen LogP contribution < -0.4 is 10.6 Å². The highest BCUT2D eigenvalue weighted by atomic mass is 16.3. The van der Waals surface area contributed by atoms with E-state index in [0.717, 1.165) is 22.3 Å². The number of nitrogens with one attached hydrogen (secondary N) is 2. The monoisotopic (exact) mass is 390 g/mol. The normalized spacial score (nSPS) is 13.9. The molecule has 2 N–H and O–H groups in total. The molecule has 0 unspecified atom stereocenters. The van der Waals surface area contributed by atoms with Gasteiger partial charge in [-0.05, 0) is 25.1 Å². The van der Waals surface area contributed by atoms with Gasteiger partial charge in [0, 0.05) is 31.1 Å². The molecule has 4 rings (SSSR count). The van der Waals surface area contributed by atoms with Crippen LogP contribution in [0.5, 0.6) is 0 Å². The molecule has 3 aromatic rings. The van der Waals surface area contributed by atoms with E-state index in [2.05, 4.69) is 15.6 Å². The number of hydrogen-bond acceptors (Lipinski definition) is 4. The highest BCUT2D eigenvalue weighted by molar-refractivity contribution is 6.21. The number of imide groups is 1. The van der Waals surface area contributed by atoms with Crippen molar-refractivity contribution in [1.82, 2.24) is 15.5 Å². The minimum Gasteiger partial charge on any atom is -0.459 e. The van der Waals surface area contributed by atoms with Gasteiger partial charge in [0.2, 0.25) is 0 Å². The molecule has 0 aliphatic carbocycles. The summed E-state index contributed by atoms with van der Waals surface area (Å²) < 4.78 is 5.90. The molecule has 1 aliphatic heterocycles. The van der Waals surface area contributed by atoms with Gasteiger partial charge in [0.15, 0.2) is 5.96 Å². The van der Waals surface area contributed by atoms with Gasteiger partial charge in [-0.15, -0.1) is 0 Å². The van der Waals surface area contributed by atoms with Crippen molar-refractivity contribution in [1.29, 1.82) is 0 Å². The minimum absolute atomic E-state index is 0.256. The number of aryl methyl sites for hydroxylation is 1. The van der Waals surface area contributed by atoms with Crippen molar-refractivity contribution >= 4 is 28.7 Å². The summed E-state index contributed by atoms with van der Waals surface area (Å²) in [4.78, 5) is 30.3. The van der Waals surface area contributed by atoms with E-state index in [0.29, 0.717) is 30.2 Å². The zero-order chi connectivity index (χ0) is 20.4. The van der Waals surface area contributed by atoms with Crippen molar-refractivity contribution in [2.75, 3.05) is 20.1 Å². The number of furan rings is 1. The molecule has 1 aromatic heterocycles. The summed E-state index contributed by atoms with van der Waals surface area (Å²) in [5.74, 6) is 0.900. The maximum Gasteiger partial charge on any atom is 0.261 e. The Morgan fingerprint density at radius 1 is 1.00 bits per heavy atom. The molecule has 148 valence electrons. The lowest BCUT2D eigenvalue weighted by molar-refractivity contribution is 0.0657. The Kier molecular flexibility index (Phi) is 5.03. The molecular formula is C22H22N4O3. The number of guanidine groups is 1. The molecule has 2 aromatic carbocycles. The Bertz CT molecular complexity index is 1080. The smallest absolute Gasteiger partial charge is 0.261 e. The summed E-state index contributed by atoms with van der Waals surface area (Å²) in [6.45, 7) is 3.16. The van der Waals surface area contributed by atoms with Crippen molar-refractivity contribution in [3.05, 3.63) is 71.0 Å². The Morgan fingerprint density at radius 3 is 2.31 bits per heavy atom. The van der Waals surface area contributed by atoms with Crippen LogP contribution in [0.4, 0.5) is 0 Å². The van der Waals surface area contributed by atoms with Gasteiger partial charge in [0.1, 0.15) is 11.3 Å². The van der Waals surface area contributed by atoms with Crippen LogP contribution in [0.3, 0.4) is 0 Å². The molecule has 0 fully saturated rings. The zero-order valence-electron chi connectivity index (χ0n) is 16.4. The lowest BCUT2D eigenvalue weighted by Gasteiger charge is -2.16. The van der Waals surface area contributed by atoms with Crippen LogP contribution in [0.15, 0.2) is 57.9 Å². The second-order valence-electron chi connectivity index (χ2n) is 6.81. The maximum absolute atomic E-state index is 12.4. The average Bonchev–Trinajstić information content (AvgIpc) is 3.20. The first kappa shape index (κ1) is 18.7. The topological polar surface area (TPSA) is 86.9 Å². The number of carbonyl (C=O) groups is 2. The van der Waals surface area contributed by atoms with Crippen LogP contribution in [0.25, 0.3) is 11.0 Å². The van der Waals surface area contributed by atoms with E-state index in [1.54, 1.807) is 31.3 Å². The fourth-order valence-electron chi connectivity index (χ4n) is 3.51. The summed E-state index contributed by atoms with van der Waals surface area (Å²) in [7, 11) is 1.67. The van der Waals surface area contributed by atoms with Crippen LogP contribution in [0.2, 0.25) is 0 Å². The highest BCUT2D eigenvalue weighted by Gasteiger charge is 2.34. The van der Waals surface area contributed by atoms with Gasteiger partial charge in [-0.1, -0.05) is 30.3 Å². The summed E-state index contributed by atoms with van der Waals surface area (Å²) in [6, 6.07) is 14.8. The van der Waals surface area contributed by atoms with Crippen molar-refractivity contribution in [3.8, 4) is 0 Å². The first-order valence-electron chi connectivity index (χ1n) is 9.47. The molecule has 0 bridgehead atoms. The van der Waals surface area contributed by atoms with Crippen molar-refractivity contribution in [2.24, 2.45) is 4.99 Å². The van der Waals surface area contributed by atoms with Crippen LogP contribution in [-0.4, -0.2) is 42.8 Å². The molecule has 2 amide bonds. The fourth-order valence-corrected chi connectivity index (χ4v) is 3.51. The van der Waals surface area contributed by atoms with Crippen LogP contribution in [-0.2, 0) is 6.54 Å². The lowest BCUT2D eigenvalue weighted by atomic mass is 10.1. The number of fused-ring (bicyclic) bond motifs is 2. The first-order valence-corrected chi connectivity index (χ1v) is 9.47. The molecule has 0 spiro atoms. The van der Waals surface area contributed by atoms with Gasteiger partial charge in [-0.25, -0.2) is 0 Å². The minimum atomic E-state index is -0.256.